The monoisotopic (exact) mass is 415 g/mol. The molecule has 8 heteroatoms. The minimum Gasteiger partial charge on any atom is -0.465 e. The molecule has 0 radical (unpaired) electrons. The summed E-state index contributed by atoms with van der Waals surface area (Å²) in [5.41, 5.74) is 1.30. The SMILES string of the molecule is COC(=O)c1sccc1NC(=O)c1ccc(CS(=O)(=O)c2ccccc2)cc1. The number of esters is 1. The maximum Gasteiger partial charge on any atom is 0.350 e. The van der Waals surface area contributed by atoms with Gasteiger partial charge in [-0.3, -0.25) is 4.79 Å². The lowest BCUT2D eigenvalue weighted by molar-refractivity contribution is 0.0607. The van der Waals surface area contributed by atoms with Crippen LogP contribution in [0.1, 0.15) is 25.6 Å². The maximum absolute atomic E-state index is 12.4. The highest BCUT2D eigenvalue weighted by Gasteiger charge is 2.17. The topological polar surface area (TPSA) is 89.5 Å². The van der Waals surface area contributed by atoms with Crippen molar-refractivity contribution in [2.75, 3.05) is 12.4 Å². The van der Waals surface area contributed by atoms with Crippen molar-refractivity contribution in [3.05, 3.63) is 82.0 Å². The first-order chi connectivity index (χ1) is 13.4. The Morgan fingerprint density at radius 1 is 1.00 bits per heavy atom. The van der Waals surface area contributed by atoms with Gasteiger partial charge in [-0.05, 0) is 41.3 Å². The standard InChI is InChI=1S/C20H17NO5S2/c1-26-20(23)18-17(11-12-27-18)21-19(22)15-9-7-14(8-10-15)13-28(24,25)16-5-3-2-4-6-16/h2-12H,13H2,1H3,(H,21,22). The van der Waals surface area contributed by atoms with Gasteiger partial charge in [0.05, 0.1) is 23.4 Å². The smallest absolute Gasteiger partial charge is 0.350 e. The molecule has 28 heavy (non-hydrogen) atoms. The van der Waals surface area contributed by atoms with Crippen LogP contribution in [-0.4, -0.2) is 27.4 Å². The van der Waals surface area contributed by atoms with Gasteiger partial charge in [-0.2, -0.15) is 0 Å². The third-order valence-electron chi connectivity index (χ3n) is 3.96. The fraction of sp³-hybridized carbons (Fsp3) is 0.100. The lowest BCUT2D eigenvalue weighted by Gasteiger charge is -2.07. The first-order valence-electron chi connectivity index (χ1n) is 8.24. The summed E-state index contributed by atoms with van der Waals surface area (Å²) in [6, 6.07) is 16.1. The van der Waals surface area contributed by atoms with Gasteiger partial charge in [-0.25, -0.2) is 13.2 Å². The Kier molecular flexibility index (Phi) is 5.91. The fourth-order valence-electron chi connectivity index (χ4n) is 2.54. The number of rotatable bonds is 6. The van der Waals surface area contributed by atoms with Gasteiger partial charge in [0, 0.05) is 5.56 Å². The summed E-state index contributed by atoms with van der Waals surface area (Å²) in [7, 11) is -2.18. The summed E-state index contributed by atoms with van der Waals surface area (Å²) in [5.74, 6) is -1.08. The molecule has 1 aromatic heterocycles. The Balaban J connectivity index is 1.72. The molecule has 0 aliphatic rings. The maximum atomic E-state index is 12.4. The number of ether oxygens (including phenoxy) is 1. The van der Waals surface area contributed by atoms with E-state index in [4.69, 9.17) is 0 Å². The van der Waals surface area contributed by atoms with Crippen LogP contribution in [0.2, 0.25) is 0 Å². The summed E-state index contributed by atoms with van der Waals surface area (Å²) in [4.78, 5) is 24.7. The molecule has 0 unspecified atom stereocenters. The number of amides is 1. The first-order valence-corrected chi connectivity index (χ1v) is 10.8. The molecule has 0 bridgehead atoms. The fourth-order valence-corrected chi connectivity index (χ4v) is 4.67. The molecular weight excluding hydrogens is 398 g/mol. The Labute approximate surface area is 166 Å². The summed E-state index contributed by atoms with van der Waals surface area (Å²) in [6.45, 7) is 0. The molecule has 0 fully saturated rings. The van der Waals surface area contributed by atoms with Crippen LogP contribution in [0.25, 0.3) is 0 Å². The lowest BCUT2D eigenvalue weighted by Crippen LogP contribution is -2.14. The average Bonchev–Trinajstić information content (AvgIpc) is 3.16. The second-order valence-electron chi connectivity index (χ2n) is 5.88. The molecular formula is C20H17NO5S2. The number of methoxy groups -OCH3 is 1. The van der Waals surface area contributed by atoms with Gasteiger partial charge in [0.15, 0.2) is 9.84 Å². The zero-order valence-electron chi connectivity index (χ0n) is 14.9. The van der Waals surface area contributed by atoms with Crippen molar-refractivity contribution < 1.29 is 22.7 Å². The van der Waals surface area contributed by atoms with Crippen molar-refractivity contribution >= 4 is 38.7 Å². The van der Waals surface area contributed by atoms with Crippen LogP contribution in [0.3, 0.4) is 0 Å². The number of benzene rings is 2. The number of hydrogen-bond donors (Lipinski definition) is 1. The van der Waals surface area contributed by atoms with Gasteiger partial charge >= 0.3 is 5.97 Å². The van der Waals surface area contributed by atoms with Crippen LogP contribution in [0, 0.1) is 0 Å². The molecule has 0 aliphatic heterocycles. The minimum absolute atomic E-state index is 0.157. The van der Waals surface area contributed by atoms with Crippen LogP contribution in [-0.2, 0) is 20.3 Å². The Morgan fingerprint density at radius 2 is 1.68 bits per heavy atom. The van der Waals surface area contributed by atoms with E-state index in [9.17, 15) is 18.0 Å². The zero-order valence-corrected chi connectivity index (χ0v) is 16.5. The molecule has 1 heterocycles. The van der Waals surface area contributed by atoms with Crippen LogP contribution in [0.15, 0.2) is 70.9 Å². The van der Waals surface area contributed by atoms with Crippen molar-refractivity contribution in [3.8, 4) is 0 Å². The van der Waals surface area contributed by atoms with Crippen molar-refractivity contribution in [1.29, 1.82) is 0 Å². The molecule has 0 atom stereocenters. The van der Waals surface area contributed by atoms with E-state index in [2.05, 4.69) is 10.1 Å². The van der Waals surface area contributed by atoms with E-state index >= 15 is 0 Å². The van der Waals surface area contributed by atoms with Crippen molar-refractivity contribution in [1.82, 2.24) is 0 Å². The van der Waals surface area contributed by atoms with E-state index in [1.165, 1.54) is 18.4 Å². The Morgan fingerprint density at radius 3 is 2.32 bits per heavy atom. The van der Waals surface area contributed by atoms with Crippen LogP contribution < -0.4 is 5.32 Å². The van der Waals surface area contributed by atoms with Gasteiger partial charge in [0.2, 0.25) is 0 Å². The second-order valence-corrected chi connectivity index (χ2v) is 8.78. The molecule has 0 spiro atoms. The van der Waals surface area contributed by atoms with Gasteiger partial charge in [-0.1, -0.05) is 30.3 Å². The highest BCUT2D eigenvalue weighted by atomic mass is 32.2. The molecule has 0 saturated carbocycles. The summed E-state index contributed by atoms with van der Waals surface area (Å²) in [5, 5.41) is 4.35. The van der Waals surface area contributed by atoms with Gasteiger partial charge in [0.25, 0.3) is 5.91 Å². The zero-order chi connectivity index (χ0) is 20.1. The third kappa shape index (κ3) is 4.47. The summed E-state index contributed by atoms with van der Waals surface area (Å²) < 4.78 is 29.6. The molecule has 144 valence electrons. The average molecular weight is 415 g/mol. The van der Waals surface area contributed by atoms with Crippen molar-refractivity contribution in [2.24, 2.45) is 0 Å². The molecule has 6 nitrogen and oxygen atoms in total. The molecule has 0 saturated heterocycles. The largest absolute Gasteiger partial charge is 0.465 e. The lowest BCUT2D eigenvalue weighted by atomic mass is 10.1. The van der Waals surface area contributed by atoms with E-state index in [0.717, 1.165) is 0 Å². The molecule has 2 aromatic carbocycles. The number of carbonyl (C=O) groups is 2. The third-order valence-corrected chi connectivity index (χ3v) is 6.56. The van der Waals surface area contributed by atoms with Crippen molar-refractivity contribution in [2.45, 2.75) is 10.6 Å². The molecule has 0 aliphatic carbocycles. The van der Waals surface area contributed by atoms with Crippen LogP contribution in [0.4, 0.5) is 5.69 Å². The van der Waals surface area contributed by atoms with E-state index in [1.54, 1.807) is 66.0 Å². The first kappa shape index (κ1) is 19.8. The Hall–Kier alpha value is -2.97. The van der Waals surface area contributed by atoms with Crippen molar-refractivity contribution in [3.63, 3.8) is 0 Å². The summed E-state index contributed by atoms with van der Waals surface area (Å²) in [6.07, 6.45) is 0. The molecule has 1 amide bonds. The van der Waals surface area contributed by atoms with E-state index in [-0.39, 0.29) is 10.6 Å². The normalized spacial score (nSPS) is 11.0. The molecule has 3 rings (SSSR count). The molecule has 1 N–H and O–H groups in total. The van der Waals surface area contributed by atoms with Crippen LogP contribution in [0.5, 0.6) is 0 Å². The number of hydrogen-bond acceptors (Lipinski definition) is 6. The van der Waals surface area contributed by atoms with E-state index in [1.807, 2.05) is 0 Å². The second kappa shape index (κ2) is 8.37. The molecule has 3 aromatic rings. The number of nitrogens with one attached hydrogen (secondary N) is 1. The van der Waals surface area contributed by atoms with Gasteiger partial charge in [-0.15, -0.1) is 11.3 Å². The highest BCUT2D eigenvalue weighted by molar-refractivity contribution is 7.90. The summed E-state index contributed by atoms with van der Waals surface area (Å²) >= 11 is 1.17. The number of sulfone groups is 1. The number of carbonyl (C=O) groups excluding carboxylic acids is 2. The number of anilines is 1. The number of thiophene rings is 1. The predicted octanol–water partition coefficient (Wildman–Crippen LogP) is 3.76. The van der Waals surface area contributed by atoms with Gasteiger partial charge in [0.1, 0.15) is 4.88 Å². The van der Waals surface area contributed by atoms with E-state index in [0.29, 0.717) is 21.7 Å². The van der Waals surface area contributed by atoms with Gasteiger partial charge < -0.3 is 10.1 Å². The highest BCUT2D eigenvalue weighted by Crippen LogP contribution is 2.24. The van der Waals surface area contributed by atoms with E-state index < -0.39 is 21.7 Å². The predicted molar refractivity (Wildman–Crippen MR) is 107 cm³/mol. The Bertz CT molecular complexity index is 1090. The van der Waals surface area contributed by atoms with Crippen LogP contribution >= 0.6 is 11.3 Å². The minimum atomic E-state index is -3.46. The quantitative estimate of drug-likeness (QED) is 0.619.